The molecule has 53 heavy (non-hydrogen) atoms. The molecular formula is C43H35BrFN3O5. The third kappa shape index (κ3) is 6.59. The van der Waals surface area contributed by atoms with Crippen LogP contribution in [0, 0.1) is 5.82 Å². The maximum absolute atomic E-state index is 14.4. The number of imide groups is 2. The molecule has 0 aromatic heterocycles. The number of rotatable bonds is 8. The number of methoxy groups -OCH3 is 1. The van der Waals surface area contributed by atoms with Gasteiger partial charge in [0.05, 0.1) is 17.3 Å². The second-order valence-corrected chi connectivity index (χ2v) is 14.2. The van der Waals surface area contributed by atoms with E-state index in [1.54, 1.807) is 24.3 Å². The molecule has 3 heterocycles. The first kappa shape index (κ1) is 34.4. The van der Waals surface area contributed by atoms with E-state index in [4.69, 9.17) is 9.47 Å². The van der Waals surface area contributed by atoms with Crippen LogP contribution in [-0.4, -0.2) is 38.0 Å². The van der Waals surface area contributed by atoms with Crippen LogP contribution in [0.5, 0.6) is 11.5 Å². The molecule has 266 valence electrons. The quantitative estimate of drug-likeness (QED) is 0.126. The third-order valence-electron chi connectivity index (χ3n) is 10.2. The summed E-state index contributed by atoms with van der Waals surface area (Å²) in [5.74, 6) is -0.998. The Morgan fingerprint density at radius 2 is 1.43 bits per heavy atom. The van der Waals surface area contributed by atoms with Crippen LogP contribution in [0.3, 0.4) is 0 Å². The Hall–Kier alpha value is -5.74. The predicted octanol–water partition coefficient (Wildman–Crippen LogP) is 8.72. The number of urea groups is 1. The van der Waals surface area contributed by atoms with E-state index in [0.29, 0.717) is 27.2 Å². The van der Waals surface area contributed by atoms with E-state index in [2.05, 4.69) is 50.4 Å². The maximum Gasteiger partial charge on any atom is 0.335 e. The van der Waals surface area contributed by atoms with Crippen molar-refractivity contribution in [1.82, 2.24) is 5.32 Å². The summed E-state index contributed by atoms with van der Waals surface area (Å²) in [7, 11) is 1.48. The highest BCUT2D eigenvalue weighted by atomic mass is 79.9. The minimum atomic E-state index is -0.802. The van der Waals surface area contributed by atoms with Crippen molar-refractivity contribution in [2.24, 2.45) is 0 Å². The molecule has 1 fully saturated rings. The fourth-order valence-electron chi connectivity index (χ4n) is 7.73. The molecule has 5 aromatic carbocycles. The lowest BCUT2D eigenvalue weighted by Crippen LogP contribution is -2.54. The average molecular weight is 773 g/mol. The SMILES string of the molecule is COc1cc(/C=C2\C(=O)NC(=O)N(c3cc4c5c(c3)[C@@H](c3ccccc3)CCN5CC[C@@H]4c3ccccc3)C2=O)cc(Br)c1OCc1ccc(F)cc1. The first-order valence-electron chi connectivity index (χ1n) is 17.5. The molecule has 5 aromatic rings. The van der Waals surface area contributed by atoms with Gasteiger partial charge in [-0.25, -0.2) is 14.1 Å². The number of nitrogens with one attached hydrogen (secondary N) is 1. The van der Waals surface area contributed by atoms with Crippen LogP contribution in [0.1, 0.15) is 58.1 Å². The fourth-order valence-corrected chi connectivity index (χ4v) is 8.30. The normalized spacial score (nSPS) is 18.8. The fraction of sp³-hybridized carbons (Fsp3) is 0.186. The van der Waals surface area contributed by atoms with E-state index in [-0.39, 0.29) is 29.8 Å². The summed E-state index contributed by atoms with van der Waals surface area (Å²) in [6, 6.07) is 33.1. The lowest BCUT2D eigenvalue weighted by Gasteiger charge is -2.44. The zero-order valence-electron chi connectivity index (χ0n) is 28.9. The topological polar surface area (TPSA) is 88.2 Å². The van der Waals surface area contributed by atoms with Gasteiger partial charge in [-0.05, 0) is 105 Å². The van der Waals surface area contributed by atoms with Crippen LogP contribution < -0.4 is 24.6 Å². The van der Waals surface area contributed by atoms with E-state index < -0.39 is 17.8 Å². The molecule has 0 saturated carbocycles. The summed E-state index contributed by atoms with van der Waals surface area (Å²) in [4.78, 5) is 44.8. The van der Waals surface area contributed by atoms with Crippen LogP contribution in [-0.2, 0) is 16.2 Å². The van der Waals surface area contributed by atoms with Gasteiger partial charge in [0.1, 0.15) is 18.0 Å². The van der Waals surface area contributed by atoms with Crippen molar-refractivity contribution in [3.63, 3.8) is 0 Å². The van der Waals surface area contributed by atoms with Gasteiger partial charge in [0.2, 0.25) is 0 Å². The highest BCUT2D eigenvalue weighted by Gasteiger charge is 2.40. The Bertz CT molecular complexity index is 2190. The van der Waals surface area contributed by atoms with Gasteiger partial charge < -0.3 is 14.4 Å². The van der Waals surface area contributed by atoms with Crippen LogP contribution in [0.25, 0.3) is 6.08 Å². The van der Waals surface area contributed by atoms with E-state index >= 15 is 0 Å². The molecule has 0 radical (unpaired) electrons. The first-order chi connectivity index (χ1) is 25.8. The largest absolute Gasteiger partial charge is 0.493 e. The van der Waals surface area contributed by atoms with E-state index in [1.165, 1.54) is 36.4 Å². The molecule has 10 heteroatoms. The zero-order chi connectivity index (χ0) is 36.6. The van der Waals surface area contributed by atoms with Gasteiger partial charge in [-0.15, -0.1) is 0 Å². The van der Waals surface area contributed by atoms with Crippen molar-refractivity contribution >= 4 is 51.2 Å². The number of benzene rings is 5. The average Bonchev–Trinajstić information content (AvgIpc) is 3.17. The number of anilines is 2. The molecule has 1 saturated heterocycles. The van der Waals surface area contributed by atoms with Gasteiger partial charge in [0.25, 0.3) is 11.8 Å². The molecule has 0 spiro atoms. The van der Waals surface area contributed by atoms with Crippen molar-refractivity contribution in [2.45, 2.75) is 31.3 Å². The van der Waals surface area contributed by atoms with Gasteiger partial charge in [-0.2, -0.15) is 0 Å². The number of carbonyl (C=O) groups excluding carboxylic acids is 3. The van der Waals surface area contributed by atoms with Gasteiger partial charge in [-0.1, -0.05) is 72.8 Å². The molecule has 2 atom stereocenters. The van der Waals surface area contributed by atoms with E-state index in [0.717, 1.165) is 53.2 Å². The van der Waals surface area contributed by atoms with Crippen LogP contribution >= 0.6 is 15.9 Å². The Labute approximate surface area is 315 Å². The number of barbiturate groups is 1. The maximum atomic E-state index is 14.4. The lowest BCUT2D eigenvalue weighted by molar-refractivity contribution is -0.122. The number of ether oxygens (including phenoxy) is 2. The number of nitrogens with zero attached hydrogens (tertiary/aromatic N) is 2. The Morgan fingerprint density at radius 1 is 0.830 bits per heavy atom. The van der Waals surface area contributed by atoms with Crippen LogP contribution in [0.15, 0.2) is 119 Å². The molecule has 1 N–H and O–H groups in total. The minimum absolute atomic E-state index is 0.0591. The summed E-state index contributed by atoms with van der Waals surface area (Å²) in [5, 5.41) is 2.41. The molecule has 3 aliphatic heterocycles. The van der Waals surface area contributed by atoms with Crippen LogP contribution in [0.2, 0.25) is 0 Å². The predicted molar refractivity (Wildman–Crippen MR) is 205 cm³/mol. The minimum Gasteiger partial charge on any atom is -0.493 e. The number of amides is 4. The Morgan fingerprint density at radius 3 is 2.02 bits per heavy atom. The molecule has 3 aliphatic rings. The van der Waals surface area contributed by atoms with Gasteiger partial charge in [0, 0.05) is 30.6 Å². The smallest absolute Gasteiger partial charge is 0.335 e. The lowest BCUT2D eigenvalue weighted by atomic mass is 9.76. The number of hydrogen-bond donors (Lipinski definition) is 1. The van der Waals surface area contributed by atoms with Crippen molar-refractivity contribution in [2.75, 3.05) is 30.0 Å². The second-order valence-electron chi connectivity index (χ2n) is 13.4. The van der Waals surface area contributed by atoms with E-state index in [9.17, 15) is 18.8 Å². The molecular weight excluding hydrogens is 737 g/mol. The highest BCUT2D eigenvalue weighted by molar-refractivity contribution is 9.10. The first-order valence-corrected chi connectivity index (χ1v) is 18.3. The molecule has 8 nitrogen and oxygen atoms in total. The molecule has 0 aliphatic carbocycles. The van der Waals surface area contributed by atoms with Crippen molar-refractivity contribution < 1.29 is 28.2 Å². The summed E-state index contributed by atoms with van der Waals surface area (Å²) in [6.45, 7) is 1.96. The highest BCUT2D eigenvalue weighted by Crippen LogP contribution is 2.50. The second kappa shape index (κ2) is 14.4. The van der Waals surface area contributed by atoms with Gasteiger partial charge >= 0.3 is 6.03 Å². The Kier molecular flexibility index (Phi) is 9.30. The van der Waals surface area contributed by atoms with Crippen LogP contribution in [0.4, 0.5) is 20.6 Å². The summed E-state index contributed by atoms with van der Waals surface area (Å²) in [5.41, 5.74) is 7.05. The zero-order valence-corrected chi connectivity index (χ0v) is 30.4. The summed E-state index contributed by atoms with van der Waals surface area (Å²) >= 11 is 3.54. The van der Waals surface area contributed by atoms with Gasteiger partial charge in [-0.3, -0.25) is 14.9 Å². The Balaban J connectivity index is 1.18. The number of carbonyl (C=O) groups is 3. The number of halogens is 2. The summed E-state index contributed by atoms with van der Waals surface area (Å²) in [6.07, 6.45) is 3.22. The molecule has 0 unspecified atom stereocenters. The van der Waals surface area contributed by atoms with Crippen molar-refractivity contribution in [1.29, 1.82) is 0 Å². The van der Waals surface area contributed by atoms with E-state index in [1.807, 2.05) is 48.5 Å². The third-order valence-corrected chi connectivity index (χ3v) is 10.8. The molecule has 0 bridgehead atoms. The molecule has 8 rings (SSSR count). The molecule has 4 amide bonds. The monoisotopic (exact) mass is 771 g/mol. The van der Waals surface area contributed by atoms with Crippen molar-refractivity contribution in [3.05, 3.63) is 158 Å². The summed E-state index contributed by atoms with van der Waals surface area (Å²) < 4.78 is 25.5. The number of hydrogen-bond acceptors (Lipinski definition) is 6. The van der Waals surface area contributed by atoms with Gasteiger partial charge in [0.15, 0.2) is 11.5 Å². The van der Waals surface area contributed by atoms with Crippen molar-refractivity contribution in [3.8, 4) is 11.5 Å². The standard InChI is InChI=1S/C43H35BrFN3O5/c1-52-38-22-27(21-37(44)40(38)53-25-26-12-14-30(45)15-13-26)20-36-41(49)46-43(51)48(42(36)50)31-23-34-32(28-8-4-2-5-9-28)16-18-47-19-17-33(35(24-31)39(34)47)29-10-6-3-7-11-29/h2-15,20-24,32-33H,16-19,25H2,1H3,(H,46,49,51)/b36-20+/t32-,33-/m1/s1.